The number of carbonyl (C=O) groups is 1. The second kappa shape index (κ2) is 7.92. The van der Waals surface area contributed by atoms with Gasteiger partial charge < -0.3 is 14.5 Å². The lowest BCUT2D eigenvalue weighted by Crippen LogP contribution is -2.35. The molecule has 2 aromatic rings. The normalized spacial score (nSPS) is 12.2. The van der Waals surface area contributed by atoms with Crippen LogP contribution < -0.4 is 5.32 Å². The first-order chi connectivity index (χ1) is 11.0. The van der Waals surface area contributed by atoms with Crippen LogP contribution in [0.25, 0.3) is 11.3 Å². The zero-order valence-electron chi connectivity index (χ0n) is 14.2. The molecule has 1 atom stereocenters. The molecule has 0 saturated heterocycles. The number of rotatable bonds is 7. The molecule has 0 aliphatic rings. The minimum absolute atomic E-state index is 0.00292. The summed E-state index contributed by atoms with van der Waals surface area (Å²) in [5, 5.41) is 2.87. The van der Waals surface area contributed by atoms with E-state index in [1.165, 1.54) is 11.1 Å². The molecule has 0 unspecified atom stereocenters. The number of oxazole rings is 1. The molecule has 0 fully saturated rings. The zero-order chi connectivity index (χ0) is 16.8. The molecule has 0 aliphatic carbocycles. The number of hydrogen-bond acceptors (Lipinski definition) is 4. The van der Waals surface area contributed by atoms with Crippen molar-refractivity contribution in [3.05, 3.63) is 41.4 Å². The first-order valence-electron chi connectivity index (χ1n) is 7.80. The number of hydrogen-bond donors (Lipinski definition) is 1. The highest BCUT2D eigenvalue weighted by Gasteiger charge is 2.11. The molecule has 0 radical (unpaired) electrons. The zero-order valence-corrected chi connectivity index (χ0v) is 14.2. The minimum atomic E-state index is -0.0273. The molecule has 1 aromatic heterocycles. The van der Waals surface area contributed by atoms with Crippen LogP contribution in [0.4, 0.5) is 0 Å². The van der Waals surface area contributed by atoms with E-state index in [2.05, 4.69) is 36.3 Å². The van der Waals surface area contributed by atoms with Crippen molar-refractivity contribution in [2.24, 2.45) is 0 Å². The number of benzene rings is 1. The first-order valence-corrected chi connectivity index (χ1v) is 7.80. The smallest absolute Gasteiger partial charge is 0.220 e. The van der Waals surface area contributed by atoms with Crippen LogP contribution in [0.2, 0.25) is 0 Å². The van der Waals surface area contributed by atoms with Crippen molar-refractivity contribution in [3.63, 3.8) is 0 Å². The Bertz CT molecular complexity index is 664. The van der Waals surface area contributed by atoms with Gasteiger partial charge >= 0.3 is 0 Å². The molecule has 0 saturated carbocycles. The van der Waals surface area contributed by atoms with E-state index in [0.717, 1.165) is 11.3 Å². The number of nitrogens with zero attached hydrogens (tertiary/aromatic N) is 1. The van der Waals surface area contributed by atoms with E-state index in [0.29, 0.717) is 25.3 Å². The summed E-state index contributed by atoms with van der Waals surface area (Å²) < 4.78 is 10.7. The molecule has 23 heavy (non-hydrogen) atoms. The number of amides is 1. The standard InChI is InChI=1S/C18H24N2O3/c1-12-5-6-15(9-13(12)2)16-10-19-18(23-16)8-7-17(21)20-14(3)11-22-4/h5-6,9-10,14H,7-8,11H2,1-4H3,(H,20,21)/t14-/m1/s1. The summed E-state index contributed by atoms with van der Waals surface area (Å²) in [6.45, 7) is 6.56. The van der Waals surface area contributed by atoms with E-state index in [4.69, 9.17) is 9.15 Å². The van der Waals surface area contributed by atoms with Crippen molar-refractivity contribution >= 4 is 5.91 Å². The van der Waals surface area contributed by atoms with Crippen molar-refractivity contribution in [1.82, 2.24) is 10.3 Å². The number of methoxy groups -OCH3 is 1. The molecule has 5 nitrogen and oxygen atoms in total. The van der Waals surface area contributed by atoms with Crippen LogP contribution in [-0.2, 0) is 16.0 Å². The lowest BCUT2D eigenvalue weighted by Gasteiger charge is -2.11. The van der Waals surface area contributed by atoms with Crippen LogP contribution in [0.1, 0.15) is 30.4 Å². The van der Waals surface area contributed by atoms with Gasteiger partial charge in [-0.3, -0.25) is 4.79 Å². The van der Waals surface area contributed by atoms with Crippen molar-refractivity contribution in [2.45, 2.75) is 39.7 Å². The summed E-state index contributed by atoms with van der Waals surface area (Å²) in [5.41, 5.74) is 3.47. The number of nitrogens with one attached hydrogen (secondary N) is 1. The van der Waals surface area contributed by atoms with E-state index in [9.17, 15) is 4.79 Å². The van der Waals surface area contributed by atoms with Gasteiger partial charge in [0, 0.05) is 31.6 Å². The van der Waals surface area contributed by atoms with Gasteiger partial charge in [-0.1, -0.05) is 12.1 Å². The maximum Gasteiger partial charge on any atom is 0.220 e. The third kappa shape index (κ3) is 4.93. The lowest BCUT2D eigenvalue weighted by atomic mass is 10.1. The summed E-state index contributed by atoms with van der Waals surface area (Å²) in [5.74, 6) is 1.28. The molecule has 1 heterocycles. The third-order valence-electron chi connectivity index (χ3n) is 3.73. The van der Waals surface area contributed by atoms with Gasteiger partial charge in [0.1, 0.15) is 0 Å². The molecule has 0 spiro atoms. The number of aryl methyl sites for hydroxylation is 3. The van der Waals surface area contributed by atoms with Crippen LogP contribution in [0.3, 0.4) is 0 Å². The average molecular weight is 316 g/mol. The fourth-order valence-corrected chi connectivity index (χ4v) is 2.31. The topological polar surface area (TPSA) is 64.4 Å². The molecular weight excluding hydrogens is 292 g/mol. The monoisotopic (exact) mass is 316 g/mol. The van der Waals surface area contributed by atoms with Gasteiger partial charge in [0.25, 0.3) is 0 Å². The van der Waals surface area contributed by atoms with E-state index in [-0.39, 0.29) is 11.9 Å². The summed E-state index contributed by atoms with van der Waals surface area (Å²) in [6, 6.07) is 6.17. The van der Waals surface area contributed by atoms with Crippen molar-refractivity contribution in [3.8, 4) is 11.3 Å². The van der Waals surface area contributed by atoms with E-state index in [1.807, 2.05) is 13.0 Å². The van der Waals surface area contributed by atoms with Crippen molar-refractivity contribution < 1.29 is 13.9 Å². The molecule has 5 heteroatoms. The molecule has 124 valence electrons. The Morgan fingerprint density at radius 1 is 1.35 bits per heavy atom. The van der Waals surface area contributed by atoms with Crippen molar-refractivity contribution in [1.29, 1.82) is 0 Å². The highest BCUT2D eigenvalue weighted by Crippen LogP contribution is 2.23. The molecule has 1 aromatic carbocycles. The molecule has 0 bridgehead atoms. The van der Waals surface area contributed by atoms with Gasteiger partial charge in [0.15, 0.2) is 11.7 Å². The number of aromatic nitrogens is 1. The molecule has 1 N–H and O–H groups in total. The Morgan fingerprint density at radius 2 is 2.13 bits per heavy atom. The Labute approximate surface area is 137 Å². The Balaban J connectivity index is 1.92. The van der Waals surface area contributed by atoms with Crippen LogP contribution >= 0.6 is 0 Å². The predicted octanol–water partition coefficient (Wildman–Crippen LogP) is 3.04. The highest BCUT2D eigenvalue weighted by molar-refractivity contribution is 5.76. The third-order valence-corrected chi connectivity index (χ3v) is 3.73. The van der Waals surface area contributed by atoms with Gasteiger partial charge in [0.05, 0.1) is 12.8 Å². The van der Waals surface area contributed by atoms with Crippen molar-refractivity contribution in [2.75, 3.05) is 13.7 Å². The second-order valence-corrected chi connectivity index (χ2v) is 5.84. The van der Waals surface area contributed by atoms with Crippen LogP contribution in [-0.4, -0.2) is 30.6 Å². The maximum atomic E-state index is 11.8. The van der Waals surface area contributed by atoms with Gasteiger partial charge in [-0.05, 0) is 38.0 Å². The fraction of sp³-hybridized carbons (Fsp3) is 0.444. The Kier molecular flexibility index (Phi) is 5.93. The minimum Gasteiger partial charge on any atom is -0.441 e. The second-order valence-electron chi connectivity index (χ2n) is 5.84. The molecular formula is C18H24N2O3. The largest absolute Gasteiger partial charge is 0.441 e. The molecule has 1 amide bonds. The van der Waals surface area contributed by atoms with Gasteiger partial charge in [0.2, 0.25) is 5.91 Å². The average Bonchev–Trinajstić information content (AvgIpc) is 2.97. The van der Waals surface area contributed by atoms with Crippen LogP contribution in [0.5, 0.6) is 0 Å². The number of carbonyl (C=O) groups excluding carboxylic acids is 1. The van der Waals surface area contributed by atoms with E-state index >= 15 is 0 Å². The van der Waals surface area contributed by atoms with Gasteiger partial charge in [-0.15, -0.1) is 0 Å². The quantitative estimate of drug-likeness (QED) is 0.852. The Morgan fingerprint density at radius 3 is 2.83 bits per heavy atom. The summed E-state index contributed by atoms with van der Waals surface area (Å²) in [4.78, 5) is 16.1. The van der Waals surface area contributed by atoms with E-state index < -0.39 is 0 Å². The predicted molar refractivity (Wildman–Crippen MR) is 89.2 cm³/mol. The molecule has 0 aliphatic heterocycles. The lowest BCUT2D eigenvalue weighted by molar-refractivity contribution is -0.122. The molecule has 2 rings (SSSR count). The van der Waals surface area contributed by atoms with Crippen LogP contribution in [0.15, 0.2) is 28.8 Å². The van der Waals surface area contributed by atoms with Gasteiger partial charge in [-0.2, -0.15) is 0 Å². The summed E-state index contributed by atoms with van der Waals surface area (Å²) in [6.07, 6.45) is 2.54. The fourth-order valence-electron chi connectivity index (χ4n) is 2.31. The summed E-state index contributed by atoms with van der Waals surface area (Å²) in [7, 11) is 1.61. The number of ether oxygens (including phenoxy) is 1. The maximum absolute atomic E-state index is 11.8. The van der Waals surface area contributed by atoms with E-state index in [1.54, 1.807) is 13.3 Å². The first kappa shape index (κ1) is 17.2. The highest BCUT2D eigenvalue weighted by atomic mass is 16.5. The SMILES string of the molecule is COC[C@@H](C)NC(=O)CCc1ncc(-c2ccc(C)c(C)c2)o1. The summed E-state index contributed by atoms with van der Waals surface area (Å²) >= 11 is 0. The van der Waals surface area contributed by atoms with Gasteiger partial charge in [-0.25, -0.2) is 4.98 Å². The Hall–Kier alpha value is -2.14. The van der Waals surface area contributed by atoms with Crippen LogP contribution in [0, 0.1) is 13.8 Å².